The SMILES string of the molecule is O=C1CC[C@H](CCNCc2cccc(C(F)(F)F)c2)N1CCc1ccccc1F. The maximum absolute atomic E-state index is 13.8. The fourth-order valence-corrected chi connectivity index (χ4v) is 3.70. The summed E-state index contributed by atoms with van der Waals surface area (Å²) in [7, 11) is 0. The van der Waals surface area contributed by atoms with E-state index in [0.29, 0.717) is 50.0 Å². The number of nitrogens with zero attached hydrogens (tertiary/aromatic N) is 1. The molecule has 1 atom stereocenters. The lowest BCUT2D eigenvalue weighted by molar-refractivity contribution is -0.137. The maximum atomic E-state index is 13.8. The van der Waals surface area contributed by atoms with E-state index >= 15 is 0 Å². The van der Waals surface area contributed by atoms with Crippen LogP contribution in [-0.2, 0) is 23.9 Å². The molecule has 0 unspecified atom stereocenters. The monoisotopic (exact) mass is 408 g/mol. The van der Waals surface area contributed by atoms with Gasteiger partial charge < -0.3 is 10.2 Å². The van der Waals surface area contributed by atoms with Gasteiger partial charge in [0.05, 0.1) is 5.56 Å². The third kappa shape index (κ3) is 5.79. The van der Waals surface area contributed by atoms with E-state index < -0.39 is 11.7 Å². The number of hydrogen-bond donors (Lipinski definition) is 1. The Morgan fingerprint density at radius 1 is 1.10 bits per heavy atom. The van der Waals surface area contributed by atoms with Gasteiger partial charge in [-0.2, -0.15) is 13.2 Å². The highest BCUT2D eigenvalue weighted by molar-refractivity contribution is 5.78. The molecule has 0 bridgehead atoms. The molecule has 0 aliphatic carbocycles. The van der Waals surface area contributed by atoms with Gasteiger partial charge in [-0.05, 0) is 49.1 Å². The average molecular weight is 408 g/mol. The number of amides is 1. The maximum Gasteiger partial charge on any atom is 0.416 e. The van der Waals surface area contributed by atoms with E-state index in [9.17, 15) is 22.4 Å². The number of benzene rings is 2. The zero-order valence-corrected chi connectivity index (χ0v) is 16.0. The molecule has 2 aromatic carbocycles. The van der Waals surface area contributed by atoms with Crippen molar-refractivity contribution in [3.63, 3.8) is 0 Å². The molecule has 3 rings (SSSR count). The van der Waals surface area contributed by atoms with Crippen molar-refractivity contribution >= 4 is 5.91 Å². The molecular weight excluding hydrogens is 384 g/mol. The lowest BCUT2D eigenvalue weighted by atomic mass is 10.1. The first-order valence-electron chi connectivity index (χ1n) is 9.74. The molecule has 1 heterocycles. The summed E-state index contributed by atoms with van der Waals surface area (Å²) >= 11 is 0. The largest absolute Gasteiger partial charge is 0.416 e. The minimum Gasteiger partial charge on any atom is -0.339 e. The van der Waals surface area contributed by atoms with Crippen molar-refractivity contribution in [2.24, 2.45) is 0 Å². The van der Waals surface area contributed by atoms with Crippen LogP contribution in [0.3, 0.4) is 0 Å². The molecule has 29 heavy (non-hydrogen) atoms. The fourth-order valence-electron chi connectivity index (χ4n) is 3.70. The first kappa shape index (κ1) is 21.3. The van der Waals surface area contributed by atoms with Gasteiger partial charge in [-0.15, -0.1) is 0 Å². The zero-order chi connectivity index (χ0) is 20.9. The van der Waals surface area contributed by atoms with Gasteiger partial charge in [0.1, 0.15) is 5.82 Å². The summed E-state index contributed by atoms with van der Waals surface area (Å²) in [6.45, 7) is 1.39. The van der Waals surface area contributed by atoms with Crippen molar-refractivity contribution in [2.45, 2.75) is 44.4 Å². The minimum absolute atomic E-state index is 0.0725. The van der Waals surface area contributed by atoms with Crippen molar-refractivity contribution in [2.75, 3.05) is 13.1 Å². The number of nitrogens with one attached hydrogen (secondary N) is 1. The lowest BCUT2D eigenvalue weighted by Crippen LogP contribution is -2.36. The van der Waals surface area contributed by atoms with Crippen molar-refractivity contribution < 1.29 is 22.4 Å². The highest BCUT2D eigenvalue weighted by Crippen LogP contribution is 2.29. The first-order chi connectivity index (χ1) is 13.8. The van der Waals surface area contributed by atoms with Crippen LogP contribution in [0.2, 0.25) is 0 Å². The molecule has 1 N–H and O–H groups in total. The van der Waals surface area contributed by atoms with E-state index in [2.05, 4.69) is 5.32 Å². The van der Waals surface area contributed by atoms with Crippen molar-refractivity contribution in [1.82, 2.24) is 10.2 Å². The summed E-state index contributed by atoms with van der Waals surface area (Å²) in [5.74, 6) is -0.192. The number of rotatable bonds is 8. The Kier molecular flexibility index (Phi) is 6.90. The van der Waals surface area contributed by atoms with E-state index in [-0.39, 0.29) is 17.8 Å². The number of hydrogen-bond acceptors (Lipinski definition) is 2. The second kappa shape index (κ2) is 9.39. The Morgan fingerprint density at radius 3 is 2.66 bits per heavy atom. The molecule has 0 aromatic heterocycles. The molecule has 7 heteroatoms. The minimum atomic E-state index is -4.35. The Labute approximate surface area is 167 Å². The fraction of sp³-hybridized carbons (Fsp3) is 0.409. The molecule has 1 fully saturated rings. The summed E-state index contributed by atoms with van der Waals surface area (Å²) in [4.78, 5) is 14.0. The number of carbonyl (C=O) groups is 1. The van der Waals surface area contributed by atoms with Crippen LogP contribution in [0.15, 0.2) is 48.5 Å². The lowest BCUT2D eigenvalue weighted by Gasteiger charge is -2.25. The Morgan fingerprint density at radius 2 is 1.90 bits per heavy atom. The van der Waals surface area contributed by atoms with Gasteiger partial charge in [0.2, 0.25) is 5.91 Å². The van der Waals surface area contributed by atoms with Gasteiger partial charge in [0.25, 0.3) is 0 Å². The van der Waals surface area contributed by atoms with E-state index in [1.54, 1.807) is 29.2 Å². The highest BCUT2D eigenvalue weighted by Gasteiger charge is 2.31. The van der Waals surface area contributed by atoms with Gasteiger partial charge >= 0.3 is 6.18 Å². The molecule has 1 aliphatic heterocycles. The van der Waals surface area contributed by atoms with Gasteiger partial charge in [-0.25, -0.2) is 4.39 Å². The van der Waals surface area contributed by atoms with E-state index in [0.717, 1.165) is 18.6 Å². The van der Waals surface area contributed by atoms with Crippen LogP contribution in [0.4, 0.5) is 17.6 Å². The van der Waals surface area contributed by atoms with Crippen LogP contribution in [0, 0.1) is 5.82 Å². The number of carbonyl (C=O) groups excluding carboxylic acids is 1. The summed E-state index contributed by atoms with van der Waals surface area (Å²) in [5, 5.41) is 3.16. The molecule has 1 saturated heterocycles. The van der Waals surface area contributed by atoms with Crippen molar-refractivity contribution in [1.29, 1.82) is 0 Å². The van der Waals surface area contributed by atoms with E-state index in [1.165, 1.54) is 12.1 Å². The number of alkyl halides is 3. The molecule has 1 amide bonds. The Balaban J connectivity index is 1.47. The smallest absolute Gasteiger partial charge is 0.339 e. The van der Waals surface area contributed by atoms with Gasteiger partial charge in [0.15, 0.2) is 0 Å². The zero-order valence-electron chi connectivity index (χ0n) is 16.0. The van der Waals surface area contributed by atoms with Crippen LogP contribution in [0.5, 0.6) is 0 Å². The van der Waals surface area contributed by atoms with Crippen LogP contribution in [0.25, 0.3) is 0 Å². The summed E-state index contributed by atoms with van der Waals surface area (Å²) in [5.41, 5.74) is 0.505. The average Bonchev–Trinajstić information content (AvgIpc) is 3.04. The molecule has 156 valence electrons. The molecule has 3 nitrogen and oxygen atoms in total. The molecule has 1 aliphatic rings. The van der Waals surface area contributed by atoms with E-state index in [1.807, 2.05) is 0 Å². The normalized spacial score (nSPS) is 17.2. The standard InChI is InChI=1S/C22H24F4N2O/c23-20-7-2-1-5-17(20)11-13-28-19(8-9-21(28)29)10-12-27-15-16-4-3-6-18(14-16)22(24,25)26/h1-7,14,19,27H,8-13,15H2/t19-/m1/s1. The van der Waals surface area contributed by atoms with Gasteiger partial charge in [-0.1, -0.05) is 36.4 Å². The van der Waals surface area contributed by atoms with Crippen LogP contribution >= 0.6 is 0 Å². The quantitative estimate of drug-likeness (QED) is 0.513. The molecular formula is C22H24F4N2O. The summed E-state index contributed by atoms with van der Waals surface area (Å²) < 4.78 is 52.1. The number of likely N-dealkylation sites (tertiary alicyclic amines) is 1. The summed E-state index contributed by atoms with van der Waals surface area (Å²) in [6, 6.07) is 11.9. The Bertz CT molecular complexity index is 838. The van der Waals surface area contributed by atoms with Crippen LogP contribution in [-0.4, -0.2) is 29.9 Å². The predicted molar refractivity (Wildman–Crippen MR) is 103 cm³/mol. The van der Waals surface area contributed by atoms with E-state index in [4.69, 9.17) is 0 Å². The topological polar surface area (TPSA) is 32.3 Å². The molecule has 0 spiro atoms. The predicted octanol–water partition coefficient (Wildman–Crippen LogP) is 4.56. The van der Waals surface area contributed by atoms with Crippen molar-refractivity contribution in [3.8, 4) is 0 Å². The highest BCUT2D eigenvalue weighted by atomic mass is 19.4. The molecule has 0 saturated carbocycles. The second-order valence-corrected chi connectivity index (χ2v) is 7.28. The van der Waals surface area contributed by atoms with Gasteiger partial charge in [0, 0.05) is 25.6 Å². The third-order valence-electron chi connectivity index (χ3n) is 5.27. The third-order valence-corrected chi connectivity index (χ3v) is 5.27. The van der Waals surface area contributed by atoms with Crippen LogP contribution < -0.4 is 5.32 Å². The van der Waals surface area contributed by atoms with Gasteiger partial charge in [-0.3, -0.25) is 4.79 Å². The first-order valence-corrected chi connectivity index (χ1v) is 9.74. The summed E-state index contributed by atoms with van der Waals surface area (Å²) in [6.07, 6.45) is -1.94. The second-order valence-electron chi connectivity index (χ2n) is 7.28. The van der Waals surface area contributed by atoms with Crippen molar-refractivity contribution in [3.05, 3.63) is 71.0 Å². The molecule has 0 radical (unpaired) electrons. The Hall–Kier alpha value is -2.41. The van der Waals surface area contributed by atoms with Crippen LogP contribution in [0.1, 0.15) is 36.0 Å². The molecule has 2 aromatic rings. The number of halogens is 4.